The lowest BCUT2D eigenvalue weighted by atomic mass is 10.0. The molecule has 2 aromatic rings. The highest BCUT2D eigenvalue weighted by Crippen LogP contribution is 2.31. The highest BCUT2D eigenvalue weighted by Gasteiger charge is 2.13. The summed E-state index contributed by atoms with van der Waals surface area (Å²) in [6, 6.07) is 2.07. The van der Waals surface area contributed by atoms with Crippen molar-refractivity contribution in [3.63, 3.8) is 0 Å². The molecule has 0 aliphatic rings. The van der Waals surface area contributed by atoms with Gasteiger partial charge in [-0.25, -0.2) is 4.98 Å². The van der Waals surface area contributed by atoms with Gasteiger partial charge in [-0.05, 0) is 41.4 Å². The van der Waals surface area contributed by atoms with Crippen LogP contribution < -0.4 is 0 Å². The predicted molar refractivity (Wildman–Crippen MR) is 82.8 cm³/mol. The largest absolute Gasteiger partial charge is 0.496 e. The fraction of sp³-hybridized carbons (Fsp3) is 0.267. The van der Waals surface area contributed by atoms with E-state index >= 15 is 0 Å². The van der Waals surface area contributed by atoms with Crippen LogP contribution in [0.5, 0.6) is 0 Å². The zero-order valence-corrected chi connectivity index (χ0v) is 12.9. The van der Waals surface area contributed by atoms with Gasteiger partial charge in [0.05, 0.1) is 7.11 Å². The molecule has 0 amide bonds. The average molecular weight is 321 g/mol. The molecule has 4 heteroatoms. The zero-order chi connectivity index (χ0) is 13.8. The lowest BCUT2D eigenvalue weighted by molar-refractivity contribution is 0.310. The molecule has 2 rings (SSSR count). The third-order valence-electron chi connectivity index (χ3n) is 2.94. The van der Waals surface area contributed by atoms with Gasteiger partial charge in [0.15, 0.2) is 0 Å². The van der Waals surface area contributed by atoms with Gasteiger partial charge in [0.2, 0.25) is 0 Å². The zero-order valence-electron chi connectivity index (χ0n) is 11.3. The van der Waals surface area contributed by atoms with Crippen LogP contribution in [0.25, 0.3) is 16.6 Å². The summed E-state index contributed by atoms with van der Waals surface area (Å²) in [6.07, 6.45) is 8.87. The monoisotopic (exact) mass is 320 g/mol. The first-order valence-corrected chi connectivity index (χ1v) is 7.04. The van der Waals surface area contributed by atoms with E-state index in [1.165, 1.54) is 0 Å². The molecule has 0 fully saturated rings. The molecule has 0 atom stereocenters. The number of hydrogen-bond acceptors (Lipinski definition) is 2. The Hall–Kier alpha value is -1.55. The first-order chi connectivity index (χ1) is 9.21. The van der Waals surface area contributed by atoms with Crippen LogP contribution in [0.4, 0.5) is 0 Å². The number of nitrogens with zero attached hydrogens (tertiary/aromatic N) is 1. The number of halogens is 1. The van der Waals surface area contributed by atoms with Crippen molar-refractivity contribution in [2.24, 2.45) is 0 Å². The van der Waals surface area contributed by atoms with Gasteiger partial charge in [0, 0.05) is 33.4 Å². The fourth-order valence-electron chi connectivity index (χ4n) is 2.13. The molecular weight excluding hydrogens is 304 g/mol. The normalized spacial score (nSPS) is 13.1. The van der Waals surface area contributed by atoms with Crippen molar-refractivity contribution >= 4 is 32.5 Å². The molecule has 1 N–H and O–H groups in total. The molecule has 0 radical (unpaired) electrons. The number of H-pyrrole nitrogens is 1. The van der Waals surface area contributed by atoms with E-state index in [4.69, 9.17) is 4.74 Å². The maximum atomic E-state index is 5.46. The lowest BCUT2D eigenvalue weighted by Crippen LogP contribution is -1.92. The quantitative estimate of drug-likeness (QED) is 0.656. The minimum atomic E-state index is 0.878. The second kappa shape index (κ2) is 6.06. The summed E-state index contributed by atoms with van der Waals surface area (Å²) in [5, 5.41) is 1.09. The average Bonchev–Trinajstić information content (AvgIpc) is 2.81. The summed E-state index contributed by atoms with van der Waals surface area (Å²) in [6.45, 7) is 4.09. The number of hydrogen-bond donors (Lipinski definition) is 1. The number of aromatic amines is 1. The van der Waals surface area contributed by atoms with Crippen LogP contribution in [0.1, 0.15) is 25.8 Å². The van der Waals surface area contributed by atoms with Crippen molar-refractivity contribution in [2.75, 3.05) is 7.11 Å². The summed E-state index contributed by atoms with van der Waals surface area (Å²) in [5.41, 5.74) is 3.09. The predicted octanol–water partition coefficient (Wildman–Crippen LogP) is 4.67. The van der Waals surface area contributed by atoms with Crippen LogP contribution in [-0.4, -0.2) is 17.1 Å². The maximum absolute atomic E-state index is 5.46. The first-order valence-electron chi connectivity index (χ1n) is 6.25. The van der Waals surface area contributed by atoms with Gasteiger partial charge in [-0.2, -0.15) is 0 Å². The third-order valence-corrected chi connectivity index (χ3v) is 3.38. The molecule has 100 valence electrons. The Morgan fingerprint density at radius 2 is 2.32 bits per heavy atom. The van der Waals surface area contributed by atoms with Crippen LogP contribution in [0, 0.1) is 0 Å². The van der Waals surface area contributed by atoms with Crippen molar-refractivity contribution in [2.45, 2.75) is 20.3 Å². The van der Waals surface area contributed by atoms with E-state index in [0.717, 1.165) is 38.8 Å². The van der Waals surface area contributed by atoms with Crippen molar-refractivity contribution in [3.8, 4) is 0 Å². The Kier molecular flexibility index (Phi) is 4.43. The van der Waals surface area contributed by atoms with Gasteiger partial charge in [0.25, 0.3) is 0 Å². The van der Waals surface area contributed by atoms with Crippen molar-refractivity contribution in [3.05, 3.63) is 46.4 Å². The van der Waals surface area contributed by atoms with E-state index < -0.39 is 0 Å². The fourth-order valence-corrected chi connectivity index (χ4v) is 2.46. The standard InChI is InChI=1S/C15H17BrN2O/c1-4-6-11(14(5-2)19-3)13-9-18-15-12(13)7-10(16)8-17-15/h5-9H,4H2,1-3H3,(H,17,18)/b11-6-,14-5+. The molecule has 0 aromatic carbocycles. The topological polar surface area (TPSA) is 37.9 Å². The van der Waals surface area contributed by atoms with Crippen LogP contribution in [0.3, 0.4) is 0 Å². The second-order valence-electron chi connectivity index (χ2n) is 4.14. The summed E-state index contributed by atoms with van der Waals surface area (Å²) < 4.78 is 6.43. The molecule has 0 bridgehead atoms. The Labute approximate surface area is 121 Å². The minimum Gasteiger partial charge on any atom is -0.496 e. The smallest absolute Gasteiger partial charge is 0.137 e. The Bertz CT molecular complexity index is 641. The Morgan fingerprint density at radius 3 is 2.95 bits per heavy atom. The molecule has 0 aliphatic carbocycles. The highest BCUT2D eigenvalue weighted by atomic mass is 79.9. The third kappa shape index (κ3) is 2.73. The van der Waals surface area contributed by atoms with Crippen LogP contribution in [0.2, 0.25) is 0 Å². The molecule has 2 aromatic heterocycles. The molecule has 19 heavy (non-hydrogen) atoms. The number of aromatic nitrogens is 2. The summed E-state index contributed by atoms with van der Waals surface area (Å²) in [7, 11) is 1.70. The van der Waals surface area contributed by atoms with Crippen LogP contribution >= 0.6 is 15.9 Å². The van der Waals surface area contributed by atoms with Crippen molar-refractivity contribution in [1.82, 2.24) is 9.97 Å². The number of allylic oxidation sites excluding steroid dienone is 3. The molecule has 0 unspecified atom stereocenters. The molecule has 2 heterocycles. The van der Waals surface area contributed by atoms with E-state index in [9.17, 15) is 0 Å². The van der Waals surface area contributed by atoms with Gasteiger partial charge in [-0.3, -0.25) is 0 Å². The Morgan fingerprint density at radius 1 is 1.53 bits per heavy atom. The van der Waals surface area contributed by atoms with Gasteiger partial charge < -0.3 is 9.72 Å². The number of fused-ring (bicyclic) bond motifs is 1. The lowest BCUT2D eigenvalue weighted by Gasteiger charge is -2.10. The number of methoxy groups -OCH3 is 1. The number of ether oxygens (including phenoxy) is 1. The summed E-state index contributed by atoms with van der Waals surface area (Å²) >= 11 is 3.47. The maximum Gasteiger partial charge on any atom is 0.137 e. The summed E-state index contributed by atoms with van der Waals surface area (Å²) in [4.78, 5) is 7.57. The van der Waals surface area contributed by atoms with Gasteiger partial charge in [0.1, 0.15) is 11.4 Å². The van der Waals surface area contributed by atoms with Gasteiger partial charge in [-0.1, -0.05) is 13.0 Å². The molecule has 0 spiro atoms. The number of pyridine rings is 1. The van der Waals surface area contributed by atoms with E-state index in [0.29, 0.717) is 0 Å². The molecule has 0 saturated heterocycles. The van der Waals surface area contributed by atoms with Crippen molar-refractivity contribution < 1.29 is 4.74 Å². The molecule has 0 saturated carbocycles. The van der Waals surface area contributed by atoms with Crippen LogP contribution in [0.15, 0.2) is 40.8 Å². The SMILES string of the molecule is C/C=C(OC)\C(=C/CC)c1c[nH]c2ncc(Br)cc12. The molecule has 0 aliphatic heterocycles. The summed E-state index contributed by atoms with van der Waals surface area (Å²) in [5.74, 6) is 0.878. The first kappa shape index (κ1) is 13.9. The van der Waals surface area contributed by atoms with Crippen molar-refractivity contribution in [1.29, 1.82) is 0 Å². The minimum absolute atomic E-state index is 0.878. The van der Waals surface area contributed by atoms with Gasteiger partial charge in [-0.15, -0.1) is 0 Å². The number of nitrogens with one attached hydrogen (secondary N) is 1. The van der Waals surface area contributed by atoms with Crippen LogP contribution in [-0.2, 0) is 4.74 Å². The van der Waals surface area contributed by atoms with E-state index in [2.05, 4.69) is 45.0 Å². The molecule has 3 nitrogen and oxygen atoms in total. The van der Waals surface area contributed by atoms with E-state index in [1.807, 2.05) is 19.2 Å². The number of rotatable bonds is 4. The van der Waals surface area contributed by atoms with E-state index in [-0.39, 0.29) is 0 Å². The van der Waals surface area contributed by atoms with Gasteiger partial charge >= 0.3 is 0 Å². The highest BCUT2D eigenvalue weighted by molar-refractivity contribution is 9.10. The molecular formula is C15H17BrN2O. The Balaban J connectivity index is 2.63. The van der Waals surface area contributed by atoms with E-state index in [1.54, 1.807) is 13.3 Å². The second-order valence-corrected chi connectivity index (χ2v) is 5.05.